The molecule has 21 heavy (non-hydrogen) atoms. The number of furan rings is 1. The first-order valence-corrected chi connectivity index (χ1v) is 7.27. The number of fused-ring (bicyclic) bond motifs is 1. The highest BCUT2D eigenvalue weighted by atomic mass is 16.3. The summed E-state index contributed by atoms with van der Waals surface area (Å²) in [4.78, 5) is 4.68. The minimum Gasteiger partial charge on any atom is -0.466 e. The van der Waals surface area contributed by atoms with Crippen LogP contribution < -0.4 is 5.32 Å². The Labute approximate surface area is 124 Å². The summed E-state index contributed by atoms with van der Waals surface area (Å²) in [5.41, 5.74) is 3.42. The fourth-order valence-electron chi connectivity index (χ4n) is 2.79. The number of nitrogens with zero attached hydrogens (tertiary/aromatic N) is 2. The van der Waals surface area contributed by atoms with Crippen LogP contribution >= 0.6 is 0 Å². The van der Waals surface area contributed by atoms with Crippen LogP contribution in [0.3, 0.4) is 0 Å². The Bertz CT molecular complexity index is 770. The zero-order valence-electron chi connectivity index (χ0n) is 13.0. The van der Waals surface area contributed by atoms with Crippen LogP contribution in [0.25, 0.3) is 11.0 Å². The monoisotopic (exact) mass is 283 g/mol. The number of benzene rings is 1. The average Bonchev–Trinajstić information content (AvgIpc) is 2.97. The van der Waals surface area contributed by atoms with E-state index in [1.54, 1.807) is 0 Å². The summed E-state index contributed by atoms with van der Waals surface area (Å²) < 4.78 is 7.74. The molecule has 4 heteroatoms. The van der Waals surface area contributed by atoms with Crippen LogP contribution in [0.15, 0.2) is 34.7 Å². The highest BCUT2D eigenvalue weighted by Crippen LogP contribution is 2.22. The SMILES string of the molecule is Cc1cc(C(C)NCc2nc3ccccc3n2C)c(C)o1. The number of rotatable bonds is 4. The third-order valence-corrected chi connectivity index (χ3v) is 3.99. The molecule has 0 radical (unpaired) electrons. The first kappa shape index (κ1) is 13.9. The molecule has 1 atom stereocenters. The second-order valence-corrected chi connectivity index (χ2v) is 5.55. The van der Waals surface area contributed by atoms with Gasteiger partial charge in [-0.2, -0.15) is 0 Å². The summed E-state index contributed by atoms with van der Waals surface area (Å²) in [6, 6.07) is 10.5. The van der Waals surface area contributed by atoms with Crippen molar-refractivity contribution in [3.05, 3.63) is 53.2 Å². The van der Waals surface area contributed by atoms with Crippen molar-refractivity contribution < 1.29 is 4.42 Å². The predicted octanol–water partition coefficient (Wildman–Crippen LogP) is 3.63. The Morgan fingerprint density at radius 1 is 1.29 bits per heavy atom. The lowest BCUT2D eigenvalue weighted by Gasteiger charge is -2.13. The maximum atomic E-state index is 5.60. The van der Waals surface area contributed by atoms with Crippen molar-refractivity contribution >= 4 is 11.0 Å². The van der Waals surface area contributed by atoms with Crippen molar-refractivity contribution in [1.82, 2.24) is 14.9 Å². The molecular formula is C17H21N3O. The topological polar surface area (TPSA) is 43.0 Å². The first-order chi connectivity index (χ1) is 10.1. The molecular weight excluding hydrogens is 262 g/mol. The van der Waals surface area contributed by atoms with Crippen LogP contribution in [0.2, 0.25) is 0 Å². The van der Waals surface area contributed by atoms with E-state index in [1.807, 2.05) is 32.0 Å². The standard InChI is InChI=1S/C17H21N3O/c1-11-9-14(13(3)21-11)12(2)18-10-17-19-15-7-5-6-8-16(15)20(17)4/h5-9,12,18H,10H2,1-4H3. The number of para-hydroxylation sites is 2. The van der Waals surface area contributed by atoms with Crippen molar-refractivity contribution in [2.24, 2.45) is 7.05 Å². The maximum absolute atomic E-state index is 5.60. The predicted molar refractivity (Wildman–Crippen MR) is 84.2 cm³/mol. The molecule has 1 aromatic carbocycles. The fourth-order valence-corrected chi connectivity index (χ4v) is 2.79. The first-order valence-electron chi connectivity index (χ1n) is 7.27. The Kier molecular flexibility index (Phi) is 3.55. The van der Waals surface area contributed by atoms with E-state index in [4.69, 9.17) is 4.42 Å². The second-order valence-electron chi connectivity index (χ2n) is 5.55. The summed E-state index contributed by atoms with van der Waals surface area (Å²) in [5.74, 6) is 2.98. The van der Waals surface area contributed by atoms with E-state index in [2.05, 4.69) is 41.0 Å². The second kappa shape index (κ2) is 5.37. The van der Waals surface area contributed by atoms with Crippen LogP contribution in [-0.4, -0.2) is 9.55 Å². The van der Waals surface area contributed by atoms with Gasteiger partial charge in [-0.25, -0.2) is 4.98 Å². The van der Waals surface area contributed by atoms with Gasteiger partial charge in [0.25, 0.3) is 0 Å². The van der Waals surface area contributed by atoms with E-state index >= 15 is 0 Å². The lowest BCUT2D eigenvalue weighted by Crippen LogP contribution is -2.20. The quantitative estimate of drug-likeness (QED) is 0.795. The van der Waals surface area contributed by atoms with E-state index in [1.165, 1.54) is 5.56 Å². The van der Waals surface area contributed by atoms with Crippen molar-refractivity contribution in [3.63, 3.8) is 0 Å². The molecule has 4 nitrogen and oxygen atoms in total. The van der Waals surface area contributed by atoms with E-state index in [0.717, 1.165) is 34.9 Å². The smallest absolute Gasteiger partial charge is 0.123 e. The number of imidazole rings is 1. The molecule has 2 aromatic heterocycles. The molecule has 0 saturated carbocycles. The molecule has 0 aliphatic carbocycles. The third-order valence-electron chi connectivity index (χ3n) is 3.99. The van der Waals surface area contributed by atoms with Crippen LogP contribution in [0.1, 0.15) is 35.9 Å². The van der Waals surface area contributed by atoms with Crippen LogP contribution in [-0.2, 0) is 13.6 Å². The maximum Gasteiger partial charge on any atom is 0.123 e. The Balaban J connectivity index is 1.77. The zero-order chi connectivity index (χ0) is 15.0. The minimum atomic E-state index is 0.238. The highest BCUT2D eigenvalue weighted by molar-refractivity contribution is 5.75. The van der Waals surface area contributed by atoms with Gasteiger partial charge in [0, 0.05) is 18.7 Å². The molecule has 0 spiro atoms. The van der Waals surface area contributed by atoms with Gasteiger partial charge >= 0.3 is 0 Å². The molecule has 1 N–H and O–H groups in total. The Morgan fingerprint density at radius 3 is 2.71 bits per heavy atom. The van der Waals surface area contributed by atoms with E-state index in [0.29, 0.717) is 0 Å². The number of aryl methyl sites for hydroxylation is 3. The largest absolute Gasteiger partial charge is 0.466 e. The van der Waals surface area contributed by atoms with Gasteiger partial charge in [-0.15, -0.1) is 0 Å². The molecule has 0 saturated heterocycles. The molecule has 110 valence electrons. The summed E-state index contributed by atoms with van der Waals surface area (Å²) in [6.07, 6.45) is 0. The lowest BCUT2D eigenvalue weighted by molar-refractivity contribution is 0.487. The van der Waals surface area contributed by atoms with E-state index in [9.17, 15) is 0 Å². The van der Waals surface area contributed by atoms with Gasteiger partial charge in [0.05, 0.1) is 17.6 Å². The van der Waals surface area contributed by atoms with Gasteiger partial charge in [0.15, 0.2) is 0 Å². The molecule has 0 bridgehead atoms. The van der Waals surface area contributed by atoms with Crippen LogP contribution in [0.4, 0.5) is 0 Å². The summed E-state index contributed by atoms with van der Waals surface area (Å²) in [5, 5.41) is 3.53. The molecule has 2 heterocycles. The Morgan fingerprint density at radius 2 is 2.05 bits per heavy atom. The van der Waals surface area contributed by atoms with Crippen LogP contribution in [0.5, 0.6) is 0 Å². The van der Waals surface area contributed by atoms with Gasteiger partial charge in [0.1, 0.15) is 17.3 Å². The van der Waals surface area contributed by atoms with Crippen molar-refractivity contribution in [2.75, 3.05) is 0 Å². The molecule has 1 unspecified atom stereocenters. The van der Waals surface area contributed by atoms with Crippen LogP contribution in [0, 0.1) is 13.8 Å². The summed E-state index contributed by atoms with van der Waals surface area (Å²) in [6.45, 7) is 6.88. The van der Waals surface area contributed by atoms with Gasteiger partial charge < -0.3 is 14.3 Å². The molecule has 0 aliphatic rings. The Hall–Kier alpha value is -2.07. The van der Waals surface area contributed by atoms with Gasteiger partial charge in [-0.3, -0.25) is 0 Å². The minimum absolute atomic E-state index is 0.238. The molecule has 0 aliphatic heterocycles. The lowest BCUT2D eigenvalue weighted by atomic mass is 10.1. The number of hydrogen-bond donors (Lipinski definition) is 1. The average molecular weight is 283 g/mol. The zero-order valence-corrected chi connectivity index (χ0v) is 13.0. The molecule has 3 rings (SSSR count). The third kappa shape index (κ3) is 2.59. The van der Waals surface area contributed by atoms with Crippen molar-refractivity contribution in [1.29, 1.82) is 0 Å². The summed E-state index contributed by atoms with van der Waals surface area (Å²) >= 11 is 0. The molecule has 3 aromatic rings. The van der Waals surface area contributed by atoms with Gasteiger partial charge in [-0.05, 0) is 39.0 Å². The van der Waals surface area contributed by atoms with Crippen molar-refractivity contribution in [3.8, 4) is 0 Å². The van der Waals surface area contributed by atoms with E-state index in [-0.39, 0.29) is 6.04 Å². The fraction of sp³-hybridized carbons (Fsp3) is 0.353. The van der Waals surface area contributed by atoms with Gasteiger partial charge in [-0.1, -0.05) is 12.1 Å². The van der Waals surface area contributed by atoms with Crippen molar-refractivity contribution in [2.45, 2.75) is 33.4 Å². The van der Waals surface area contributed by atoms with Gasteiger partial charge in [0.2, 0.25) is 0 Å². The molecule has 0 amide bonds. The summed E-state index contributed by atoms with van der Waals surface area (Å²) in [7, 11) is 2.06. The normalized spacial score (nSPS) is 13.0. The number of nitrogens with one attached hydrogen (secondary N) is 1. The number of aromatic nitrogens is 2. The van der Waals surface area contributed by atoms with E-state index < -0.39 is 0 Å². The number of hydrogen-bond acceptors (Lipinski definition) is 3. The molecule has 0 fully saturated rings. The highest BCUT2D eigenvalue weighted by Gasteiger charge is 2.14.